The predicted octanol–water partition coefficient (Wildman–Crippen LogP) is 6.66. The lowest BCUT2D eigenvalue weighted by atomic mass is 9.97. The second-order valence-electron chi connectivity index (χ2n) is 16.6. The molecule has 15 nitrogen and oxygen atoms in total. The molecular formula is C50H51N5O10. The van der Waals surface area contributed by atoms with Crippen LogP contribution in [-0.2, 0) is 11.2 Å². The number of rotatable bonds is 12. The van der Waals surface area contributed by atoms with Crippen molar-refractivity contribution in [2.75, 3.05) is 25.1 Å². The van der Waals surface area contributed by atoms with Gasteiger partial charge in [-0.15, -0.1) is 0 Å². The SMILES string of the molecule is CCCCCc1c2nc(c(C(O)CO)c3ccc([nH]3)c(-c3ccccc3NC(=O)OCC3c4ccccc4-c4ccccc43)c3nc(c(C(O)CO)c4ccc1[nH]4)C(O)C3O)C(O)C2O. The molecule has 0 spiro atoms. The van der Waals surface area contributed by atoms with Crippen LogP contribution in [0.4, 0.5) is 10.5 Å². The van der Waals surface area contributed by atoms with Gasteiger partial charge >= 0.3 is 6.09 Å². The Morgan fingerprint density at radius 3 is 1.72 bits per heavy atom. The molecule has 6 unspecified atom stereocenters. The number of H-pyrrole nitrogens is 2. The number of anilines is 1. The summed E-state index contributed by atoms with van der Waals surface area (Å²) in [6.07, 6.45) is -7.67. The van der Waals surface area contributed by atoms with Crippen LogP contribution in [0.5, 0.6) is 0 Å². The molecule has 6 aromatic rings. The zero-order chi connectivity index (χ0) is 45.5. The summed E-state index contributed by atoms with van der Waals surface area (Å²) in [5.41, 5.74) is 6.46. The lowest BCUT2D eigenvalue weighted by Crippen LogP contribution is -2.18. The quantitative estimate of drug-likeness (QED) is 0.0577. The number of carbonyl (C=O) groups is 1. The number of hydrogen-bond donors (Lipinski definition) is 11. The van der Waals surface area contributed by atoms with E-state index in [-0.39, 0.29) is 74.2 Å². The van der Waals surface area contributed by atoms with Gasteiger partial charge in [0.1, 0.15) is 43.2 Å². The Hall–Kier alpha value is -6.27. The highest BCUT2D eigenvalue weighted by atomic mass is 16.5. The first-order chi connectivity index (χ1) is 31.5. The molecule has 0 saturated carbocycles. The first kappa shape index (κ1) is 44.0. The minimum Gasteiger partial charge on any atom is -0.448 e. The second-order valence-corrected chi connectivity index (χ2v) is 16.6. The number of aromatic amines is 2. The number of fused-ring (bicyclic) bond motifs is 11. The molecule has 0 fully saturated rings. The summed E-state index contributed by atoms with van der Waals surface area (Å²) in [6, 6.07) is 29.1. The van der Waals surface area contributed by atoms with Crippen molar-refractivity contribution in [1.29, 1.82) is 0 Å². The van der Waals surface area contributed by atoms with Gasteiger partial charge in [0, 0.05) is 50.2 Å². The van der Waals surface area contributed by atoms with E-state index in [1.165, 1.54) is 0 Å². The topological polar surface area (TPSA) is 258 Å². The van der Waals surface area contributed by atoms with Gasteiger partial charge in [-0.05, 0) is 71.0 Å². The van der Waals surface area contributed by atoms with Crippen molar-refractivity contribution in [3.05, 3.63) is 148 Å². The number of aliphatic hydroxyl groups is 8. The molecule has 5 heterocycles. The Kier molecular flexibility index (Phi) is 12.4. The largest absolute Gasteiger partial charge is 0.448 e. The number of para-hydroxylation sites is 1. The average Bonchev–Trinajstić information content (AvgIpc) is 4.16. The molecule has 3 aromatic carbocycles. The van der Waals surface area contributed by atoms with Crippen molar-refractivity contribution in [3.8, 4) is 22.3 Å². The lowest BCUT2D eigenvalue weighted by molar-refractivity contribution is 0.0218. The number of unbranched alkanes of at least 4 members (excludes halogenated alkanes) is 2. The van der Waals surface area contributed by atoms with Gasteiger partial charge in [0.05, 0.1) is 41.7 Å². The molecule has 0 radical (unpaired) electrons. The molecule has 11 N–H and O–H groups in total. The van der Waals surface area contributed by atoms with Crippen molar-refractivity contribution in [3.63, 3.8) is 0 Å². The third-order valence-electron chi connectivity index (χ3n) is 12.7. The van der Waals surface area contributed by atoms with E-state index in [1.807, 2.05) is 55.5 Å². The highest BCUT2D eigenvalue weighted by molar-refractivity contribution is 5.96. The molecule has 0 saturated heterocycles. The van der Waals surface area contributed by atoms with E-state index in [4.69, 9.17) is 14.7 Å². The van der Waals surface area contributed by atoms with Crippen LogP contribution in [0.2, 0.25) is 0 Å². The van der Waals surface area contributed by atoms with Gasteiger partial charge in [0.2, 0.25) is 0 Å². The molecule has 1 aliphatic carbocycles. The number of amides is 1. The van der Waals surface area contributed by atoms with Gasteiger partial charge < -0.3 is 55.6 Å². The van der Waals surface area contributed by atoms with Crippen molar-refractivity contribution in [2.45, 2.75) is 75.1 Å². The zero-order valence-corrected chi connectivity index (χ0v) is 35.5. The summed E-state index contributed by atoms with van der Waals surface area (Å²) < 4.78 is 5.91. The Morgan fingerprint density at radius 1 is 0.631 bits per heavy atom. The Labute approximate surface area is 373 Å². The predicted molar refractivity (Wildman–Crippen MR) is 242 cm³/mol. The Balaban J connectivity index is 1.25. The van der Waals surface area contributed by atoms with Crippen LogP contribution >= 0.6 is 0 Å². The number of hydrogen-bond acceptors (Lipinski definition) is 12. The maximum Gasteiger partial charge on any atom is 0.411 e. The molecule has 15 heteroatoms. The fourth-order valence-corrected chi connectivity index (χ4v) is 9.52. The van der Waals surface area contributed by atoms with Crippen molar-refractivity contribution in [2.24, 2.45) is 0 Å². The maximum absolute atomic E-state index is 13.8. The normalized spacial score (nSPS) is 18.8. The van der Waals surface area contributed by atoms with Crippen LogP contribution in [-0.4, -0.2) is 86.7 Å². The number of aryl methyl sites for hydroxylation is 1. The van der Waals surface area contributed by atoms with Gasteiger partial charge in [0.15, 0.2) is 0 Å². The van der Waals surface area contributed by atoms with Gasteiger partial charge in [-0.2, -0.15) is 0 Å². The number of carbonyl (C=O) groups excluding carboxylic acids is 1. The molecule has 8 bridgehead atoms. The van der Waals surface area contributed by atoms with Crippen LogP contribution in [0.15, 0.2) is 97.1 Å². The van der Waals surface area contributed by atoms with E-state index >= 15 is 0 Å². The van der Waals surface area contributed by atoms with Gasteiger partial charge in [-0.25, -0.2) is 4.79 Å². The molecule has 9 rings (SSSR count). The minimum atomic E-state index is -1.71. The summed E-state index contributed by atoms with van der Waals surface area (Å²) in [5.74, 6) is -0.208. The zero-order valence-electron chi connectivity index (χ0n) is 35.5. The minimum absolute atomic E-state index is 0.000224. The first-order valence-electron chi connectivity index (χ1n) is 21.8. The van der Waals surface area contributed by atoms with Crippen LogP contribution in [0, 0.1) is 0 Å². The third kappa shape index (κ3) is 7.89. The molecule has 2 aliphatic heterocycles. The van der Waals surface area contributed by atoms with Gasteiger partial charge in [0.25, 0.3) is 0 Å². The van der Waals surface area contributed by atoms with E-state index in [0.717, 1.165) is 35.1 Å². The number of ether oxygens (including phenoxy) is 1. The fraction of sp³-hybridized carbons (Fsp3) is 0.300. The van der Waals surface area contributed by atoms with Crippen LogP contribution < -0.4 is 5.32 Å². The molecule has 3 aliphatic rings. The third-order valence-corrected chi connectivity index (χ3v) is 12.7. The van der Waals surface area contributed by atoms with Crippen molar-refractivity contribution >= 4 is 33.8 Å². The van der Waals surface area contributed by atoms with E-state index in [0.29, 0.717) is 29.5 Å². The number of benzene rings is 3. The Bertz CT molecular complexity index is 2880. The van der Waals surface area contributed by atoms with Crippen molar-refractivity contribution in [1.82, 2.24) is 19.9 Å². The number of nitrogens with zero attached hydrogens (tertiary/aromatic N) is 2. The summed E-state index contributed by atoms with van der Waals surface area (Å²) in [7, 11) is 0. The van der Waals surface area contributed by atoms with Crippen molar-refractivity contribution < 1.29 is 50.4 Å². The van der Waals surface area contributed by atoms with Crippen LogP contribution in [0.25, 0.3) is 44.3 Å². The summed E-state index contributed by atoms with van der Waals surface area (Å²) >= 11 is 0. The van der Waals surface area contributed by atoms with E-state index in [9.17, 15) is 45.6 Å². The molecule has 3 aromatic heterocycles. The molecule has 1 amide bonds. The van der Waals surface area contributed by atoms with Gasteiger partial charge in [-0.3, -0.25) is 15.3 Å². The molecular weight excluding hydrogens is 831 g/mol. The standard InChI is InChI=1S/C50H51N5O10/c1-2-3-4-16-30-33-18-19-35(51-33)40(37(58)22-56)45-49(63)47(61)43(55-45)39(34-20-21-36(52-34)41(38(59)23-57)44-48(62)46(60)42(30)54-44)29-15-9-10-17-32(29)53-50(64)65-24-31-27-13-7-5-11-25(27)26-12-6-8-14-28(26)31/h5-15,17-21,31,37-38,46-49,51-52,56-63H,2-4,16,22-24H2,1H3,(H,53,64). The smallest absolute Gasteiger partial charge is 0.411 e. The fourth-order valence-electron chi connectivity index (χ4n) is 9.52. The molecule has 65 heavy (non-hydrogen) atoms. The first-order valence-corrected chi connectivity index (χ1v) is 21.8. The van der Waals surface area contributed by atoms with E-state index in [2.05, 4.69) is 15.3 Å². The highest BCUT2D eigenvalue weighted by Crippen LogP contribution is 2.47. The summed E-state index contributed by atoms with van der Waals surface area (Å²) in [4.78, 5) is 29.9. The number of aromatic nitrogens is 4. The van der Waals surface area contributed by atoms with Gasteiger partial charge in [-0.1, -0.05) is 86.5 Å². The Morgan fingerprint density at radius 2 is 1.12 bits per heavy atom. The highest BCUT2D eigenvalue weighted by Gasteiger charge is 2.38. The van der Waals surface area contributed by atoms with Crippen LogP contribution in [0.3, 0.4) is 0 Å². The molecule has 336 valence electrons. The number of aliphatic hydroxyl groups excluding tert-OH is 8. The molecule has 6 atom stereocenters. The maximum atomic E-state index is 13.8. The summed E-state index contributed by atoms with van der Waals surface area (Å²) in [5, 5.41) is 93.4. The number of nitrogens with one attached hydrogen (secondary N) is 3. The average molecular weight is 882 g/mol. The summed E-state index contributed by atoms with van der Waals surface area (Å²) in [6.45, 7) is 0.551. The second kappa shape index (κ2) is 18.3. The van der Waals surface area contributed by atoms with E-state index < -0.39 is 55.9 Å². The van der Waals surface area contributed by atoms with Crippen LogP contribution in [0.1, 0.15) is 119 Å². The van der Waals surface area contributed by atoms with E-state index in [1.54, 1.807) is 48.5 Å². The monoisotopic (exact) mass is 881 g/mol. The lowest BCUT2D eigenvalue weighted by Gasteiger charge is -2.17.